The molecule has 0 bridgehead atoms. The molecular weight excluding hydrogens is 446 g/mol. The van der Waals surface area contributed by atoms with Crippen molar-refractivity contribution >= 4 is 17.7 Å². The molecule has 0 aromatic heterocycles. The highest BCUT2D eigenvalue weighted by atomic mass is 16.5. The second-order valence-electron chi connectivity index (χ2n) is 10.4. The largest absolute Gasteiger partial charge is 0.378 e. The summed E-state index contributed by atoms with van der Waals surface area (Å²) in [5.74, 6) is -0.965. The van der Waals surface area contributed by atoms with Crippen molar-refractivity contribution in [3.05, 3.63) is 35.9 Å². The summed E-state index contributed by atoms with van der Waals surface area (Å²) in [6, 6.07) is 9.82. The van der Waals surface area contributed by atoms with E-state index in [1.807, 2.05) is 30.3 Å². The number of carbonyl (C=O) groups is 3. The highest BCUT2D eigenvalue weighted by Crippen LogP contribution is 2.44. The summed E-state index contributed by atoms with van der Waals surface area (Å²) >= 11 is 0. The summed E-state index contributed by atoms with van der Waals surface area (Å²) in [6.07, 6.45) is 7.05. The van der Waals surface area contributed by atoms with E-state index in [0.717, 1.165) is 18.4 Å². The summed E-state index contributed by atoms with van der Waals surface area (Å²) in [4.78, 5) is 40.7. The number of amides is 3. The van der Waals surface area contributed by atoms with Gasteiger partial charge in [-0.3, -0.25) is 14.4 Å². The molecular formula is C27H39N3O5. The fourth-order valence-electron chi connectivity index (χ4n) is 5.52. The summed E-state index contributed by atoms with van der Waals surface area (Å²) in [6.45, 7) is 2.96. The highest BCUT2D eigenvalue weighted by Gasteiger charge is 2.60. The number of benzene rings is 1. The van der Waals surface area contributed by atoms with Crippen molar-refractivity contribution in [2.24, 2.45) is 23.5 Å². The van der Waals surface area contributed by atoms with E-state index in [0.29, 0.717) is 58.3 Å². The van der Waals surface area contributed by atoms with Crippen LogP contribution in [0.15, 0.2) is 30.3 Å². The minimum Gasteiger partial charge on any atom is -0.378 e. The number of nitrogens with one attached hydrogen (secondary N) is 1. The first-order chi connectivity index (χ1) is 17.0. The van der Waals surface area contributed by atoms with Crippen LogP contribution in [0.5, 0.6) is 0 Å². The van der Waals surface area contributed by atoms with Gasteiger partial charge in [0.05, 0.1) is 26.4 Å². The number of primary amides is 1. The molecule has 0 spiro atoms. The van der Waals surface area contributed by atoms with E-state index < -0.39 is 17.4 Å². The van der Waals surface area contributed by atoms with Crippen LogP contribution >= 0.6 is 0 Å². The zero-order valence-corrected chi connectivity index (χ0v) is 20.6. The number of hydrogen-bond donors (Lipinski definition) is 2. The van der Waals surface area contributed by atoms with Crippen molar-refractivity contribution in [2.75, 3.05) is 32.9 Å². The van der Waals surface area contributed by atoms with Crippen LogP contribution in [-0.4, -0.2) is 61.1 Å². The van der Waals surface area contributed by atoms with Gasteiger partial charge in [-0.1, -0.05) is 62.4 Å². The molecule has 8 heteroatoms. The lowest BCUT2D eigenvalue weighted by Gasteiger charge is -2.31. The van der Waals surface area contributed by atoms with Gasteiger partial charge in [-0.2, -0.15) is 0 Å². The van der Waals surface area contributed by atoms with Crippen LogP contribution in [0.25, 0.3) is 0 Å². The molecule has 3 aliphatic rings. The third-order valence-electron chi connectivity index (χ3n) is 7.82. The molecule has 3 N–H and O–H groups in total. The first-order valence-electron chi connectivity index (χ1n) is 13.1. The molecule has 1 heterocycles. The number of rotatable bonds is 11. The maximum atomic E-state index is 13.5. The SMILES string of the molecule is NC(=O)[C@]1(NC(=O)[C@@H](CC(=O)N2CCOCC2)CC2CCCCC2)C[C@H]1COCc1ccccc1. The number of ether oxygens (including phenoxy) is 2. The Morgan fingerprint density at radius 3 is 2.51 bits per heavy atom. The second kappa shape index (κ2) is 12.0. The Bertz CT molecular complexity index is 867. The molecule has 1 aromatic carbocycles. The second-order valence-corrected chi connectivity index (χ2v) is 10.4. The van der Waals surface area contributed by atoms with Crippen molar-refractivity contribution in [1.29, 1.82) is 0 Å². The smallest absolute Gasteiger partial charge is 0.243 e. The van der Waals surface area contributed by atoms with Crippen molar-refractivity contribution in [1.82, 2.24) is 10.2 Å². The molecule has 2 saturated carbocycles. The molecule has 3 fully saturated rings. The third-order valence-corrected chi connectivity index (χ3v) is 7.82. The lowest BCUT2D eigenvalue weighted by atomic mass is 9.81. The van der Waals surface area contributed by atoms with Crippen molar-refractivity contribution in [3.63, 3.8) is 0 Å². The Morgan fingerprint density at radius 1 is 1.11 bits per heavy atom. The molecule has 0 unspecified atom stereocenters. The molecule has 1 aromatic rings. The number of hydrogen-bond acceptors (Lipinski definition) is 5. The molecule has 1 aliphatic heterocycles. The number of nitrogens with two attached hydrogens (primary N) is 1. The van der Waals surface area contributed by atoms with Crippen LogP contribution in [0, 0.1) is 17.8 Å². The minimum absolute atomic E-state index is 0.0177. The van der Waals surface area contributed by atoms with Crippen LogP contribution in [0.4, 0.5) is 0 Å². The maximum absolute atomic E-state index is 13.5. The monoisotopic (exact) mass is 485 g/mol. The standard InChI is InChI=1S/C27H39N3O5/c28-26(33)27(17-23(27)19-35-18-21-9-5-2-6-10-21)29-25(32)22(15-20-7-3-1-4-8-20)16-24(31)30-11-13-34-14-12-30/h2,5-6,9-10,20,22-23H,1,3-4,7-8,11-19H2,(H2,28,33)(H,29,32)/t22-,23+,27+/m1/s1. The van der Waals surface area contributed by atoms with E-state index in [1.165, 1.54) is 19.3 Å². The van der Waals surface area contributed by atoms with E-state index in [1.54, 1.807) is 4.90 Å². The third kappa shape index (κ3) is 6.82. The van der Waals surface area contributed by atoms with Gasteiger partial charge in [0, 0.05) is 31.3 Å². The first kappa shape index (κ1) is 25.6. The number of carbonyl (C=O) groups excluding carboxylic acids is 3. The van der Waals surface area contributed by atoms with Gasteiger partial charge < -0.3 is 25.4 Å². The molecule has 35 heavy (non-hydrogen) atoms. The minimum atomic E-state index is -1.08. The van der Waals surface area contributed by atoms with E-state index in [2.05, 4.69) is 5.32 Å². The molecule has 3 amide bonds. The normalized spacial score (nSPS) is 25.6. The zero-order valence-electron chi connectivity index (χ0n) is 20.6. The zero-order chi connectivity index (χ0) is 24.7. The van der Waals surface area contributed by atoms with E-state index in [9.17, 15) is 14.4 Å². The fraction of sp³-hybridized carbons (Fsp3) is 0.667. The maximum Gasteiger partial charge on any atom is 0.243 e. The lowest BCUT2D eigenvalue weighted by Crippen LogP contribution is -2.51. The van der Waals surface area contributed by atoms with Gasteiger partial charge in [-0.05, 0) is 24.3 Å². The van der Waals surface area contributed by atoms with Gasteiger partial charge in [-0.15, -0.1) is 0 Å². The summed E-state index contributed by atoms with van der Waals surface area (Å²) in [5.41, 5.74) is 5.73. The fourth-order valence-corrected chi connectivity index (χ4v) is 5.52. The molecule has 0 radical (unpaired) electrons. The Hall–Kier alpha value is -2.45. The molecule has 2 aliphatic carbocycles. The first-order valence-corrected chi connectivity index (χ1v) is 13.1. The van der Waals surface area contributed by atoms with Gasteiger partial charge in [0.1, 0.15) is 5.54 Å². The van der Waals surface area contributed by atoms with Crippen molar-refractivity contribution in [2.45, 2.75) is 63.5 Å². The van der Waals surface area contributed by atoms with Crippen LogP contribution < -0.4 is 11.1 Å². The van der Waals surface area contributed by atoms with Gasteiger partial charge >= 0.3 is 0 Å². The number of morpholine rings is 1. The quantitative estimate of drug-likeness (QED) is 0.500. The Labute approximate surface area is 207 Å². The molecule has 1 saturated heterocycles. The summed E-state index contributed by atoms with van der Waals surface area (Å²) < 4.78 is 11.2. The summed E-state index contributed by atoms with van der Waals surface area (Å²) in [7, 11) is 0. The van der Waals surface area contributed by atoms with E-state index >= 15 is 0 Å². The van der Waals surface area contributed by atoms with E-state index in [4.69, 9.17) is 15.2 Å². The predicted octanol–water partition coefficient (Wildman–Crippen LogP) is 2.40. The average molecular weight is 486 g/mol. The Morgan fingerprint density at radius 2 is 1.83 bits per heavy atom. The average Bonchev–Trinajstić information content (AvgIpc) is 3.59. The summed E-state index contributed by atoms with van der Waals surface area (Å²) in [5, 5.41) is 2.97. The Kier molecular flexibility index (Phi) is 8.78. The van der Waals surface area contributed by atoms with Crippen LogP contribution in [0.1, 0.15) is 56.9 Å². The van der Waals surface area contributed by atoms with Crippen LogP contribution in [0.2, 0.25) is 0 Å². The molecule has 4 rings (SSSR count). The van der Waals surface area contributed by atoms with Crippen molar-refractivity contribution in [3.8, 4) is 0 Å². The molecule has 3 atom stereocenters. The molecule has 192 valence electrons. The van der Waals surface area contributed by atoms with Crippen molar-refractivity contribution < 1.29 is 23.9 Å². The van der Waals surface area contributed by atoms with Gasteiger partial charge in [0.2, 0.25) is 17.7 Å². The lowest BCUT2D eigenvalue weighted by molar-refractivity contribution is -0.140. The Balaban J connectivity index is 1.36. The molecule has 8 nitrogen and oxygen atoms in total. The number of nitrogens with zero attached hydrogens (tertiary/aromatic N) is 1. The highest BCUT2D eigenvalue weighted by molar-refractivity contribution is 5.95. The topological polar surface area (TPSA) is 111 Å². The van der Waals surface area contributed by atoms with Gasteiger partial charge in [0.25, 0.3) is 0 Å². The van der Waals surface area contributed by atoms with Crippen LogP contribution in [0.3, 0.4) is 0 Å². The van der Waals surface area contributed by atoms with Gasteiger partial charge in [-0.25, -0.2) is 0 Å². The predicted molar refractivity (Wildman–Crippen MR) is 131 cm³/mol. The van der Waals surface area contributed by atoms with E-state index in [-0.39, 0.29) is 24.2 Å². The van der Waals surface area contributed by atoms with Gasteiger partial charge in [0.15, 0.2) is 0 Å². The van der Waals surface area contributed by atoms with Crippen LogP contribution in [-0.2, 0) is 30.5 Å².